The quantitative estimate of drug-likeness (QED) is 0.846. The van der Waals surface area contributed by atoms with Crippen LogP contribution >= 0.6 is 0 Å². The van der Waals surface area contributed by atoms with E-state index in [9.17, 15) is 4.79 Å². The average molecular weight is 355 g/mol. The van der Waals surface area contributed by atoms with E-state index in [0.29, 0.717) is 19.0 Å². The smallest absolute Gasteiger partial charge is 0.270 e. The minimum Gasteiger partial charge on any atom is -0.477 e. The van der Waals surface area contributed by atoms with Crippen LogP contribution in [0.2, 0.25) is 0 Å². The van der Waals surface area contributed by atoms with E-state index in [4.69, 9.17) is 9.47 Å². The lowest BCUT2D eigenvalue weighted by molar-refractivity contribution is -0.133. The zero-order valence-electron chi connectivity index (χ0n) is 15.1. The molecule has 2 aliphatic rings. The second-order valence-electron chi connectivity index (χ2n) is 7.30. The number of carbonyl (C=O) groups is 1. The summed E-state index contributed by atoms with van der Waals surface area (Å²) in [6.45, 7) is 2.70. The Morgan fingerprint density at radius 3 is 3.08 bits per heavy atom. The molecule has 0 spiro atoms. The highest BCUT2D eigenvalue weighted by atomic mass is 16.5. The Labute approximate surface area is 153 Å². The summed E-state index contributed by atoms with van der Waals surface area (Å²) in [7, 11) is 1.91. The summed E-state index contributed by atoms with van der Waals surface area (Å²) in [5.41, 5.74) is 0.551. The number of pyridine rings is 1. The second-order valence-corrected chi connectivity index (χ2v) is 7.30. The molecule has 0 aromatic carbocycles. The van der Waals surface area contributed by atoms with Crippen LogP contribution < -0.4 is 4.74 Å². The van der Waals surface area contributed by atoms with Crippen LogP contribution in [0.3, 0.4) is 0 Å². The van der Waals surface area contributed by atoms with Crippen molar-refractivity contribution in [2.24, 2.45) is 12.5 Å². The van der Waals surface area contributed by atoms with Crippen molar-refractivity contribution >= 4 is 5.91 Å². The Morgan fingerprint density at radius 2 is 2.31 bits per heavy atom. The molecule has 4 heterocycles. The third-order valence-electron chi connectivity index (χ3n) is 5.58. The van der Waals surface area contributed by atoms with Crippen molar-refractivity contribution < 1.29 is 14.3 Å². The van der Waals surface area contributed by atoms with Crippen molar-refractivity contribution in [1.29, 1.82) is 0 Å². The maximum absolute atomic E-state index is 13.0. The van der Waals surface area contributed by atoms with E-state index in [-0.39, 0.29) is 17.4 Å². The second kappa shape index (κ2) is 7.11. The normalized spacial score (nSPS) is 25.6. The molecule has 26 heavy (non-hydrogen) atoms. The lowest BCUT2D eigenvalue weighted by Crippen LogP contribution is -2.58. The molecule has 6 nitrogen and oxygen atoms in total. The first-order valence-electron chi connectivity index (χ1n) is 9.24. The first-order chi connectivity index (χ1) is 12.7. The first kappa shape index (κ1) is 17.1. The van der Waals surface area contributed by atoms with Gasteiger partial charge >= 0.3 is 0 Å². The van der Waals surface area contributed by atoms with Crippen LogP contribution in [0, 0.1) is 5.41 Å². The number of aromatic nitrogens is 2. The Morgan fingerprint density at radius 1 is 1.38 bits per heavy atom. The molecule has 4 rings (SSSR count). The van der Waals surface area contributed by atoms with Gasteiger partial charge in [-0.2, -0.15) is 0 Å². The number of fused-ring (bicyclic) bond motifs is 1. The number of aryl methyl sites for hydroxylation is 1. The van der Waals surface area contributed by atoms with Gasteiger partial charge in [-0.3, -0.25) is 4.79 Å². The molecule has 0 N–H and O–H groups in total. The third-order valence-corrected chi connectivity index (χ3v) is 5.58. The van der Waals surface area contributed by atoms with Crippen LogP contribution in [0.5, 0.6) is 5.88 Å². The number of rotatable bonds is 4. The van der Waals surface area contributed by atoms with Gasteiger partial charge in [0.15, 0.2) is 0 Å². The molecule has 0 saturated carbocycles. The van der Waals surface area contributed by atoms with Crippen molar-refractivity contribution in [2.45, 2.75) is 25.4 Å². The maximum Gasteiger partial charge on any atom is 0.270 e. The summed E-state index contributed by atoms with van der Waals surface area (Å²) in [5, 5.41) is 0. The van der Waals surface area contributed by atoms with E-state index >= 15 is 0 Å². The van der Waals surface area contributed by atoms with Crippen molar-refractivity contribution in [2.75, 3.05) is 26.3 Å². The zero-order chi connectivity index (χ0) is 18.0. The van der Waals surface area contributed by atoms with Gasteiger partial charge in [-0.25, -0.2) is 4.98 Å². The molecule has 0 radical (unpaired) electrons. The van der Waals surface area contributed by atoms with Gasteiger partial charge in [-0.1, -0.05) is 6.07 Å². The fourth-order valence-corrected chi connectivity index (χ4v) is 4.17. The molecule has 2 saturated heterocycles. The molecule has 2 unspecified atom stereocenters. The average Bonchev–Trinajstić information content (AvgIpc) is 3.12. The SMILES string of the molecule is Cn1cccc1C(=O)N1CCC2OCCCC2(COc2ccccn2)C1. The van der Waals surface area contributed by atoms with Crippen LogP contribution in [0.25, 0.3) is 0 Å². The highest BCUT2D eigenvalue weighted by Crippen LogP contribution is 2.40. The van der Waals surface area contributed by atoms with E-state index in [0.717, 1.165) is 38.1 Å². The van der Waals surface area contributed by atoms with Crippen molar-refractivity contribution in [3.05, 3.63) is 48.4 Å². The number of nitrogens with zero attached hydrogens (tertiary/aromatic N) is 3. The molecule has 2 aromatic heterocycles. The minimum atomic E-state index is -0.172. The summed E-state index contributed by atoms with van der Waals surface area (Å²) in [6, 6.07) is 9.44. The van der Waals surface area contributed by atoms with Crippen LogP contribution in [-0.2, 0) is 11.8 Å². The van der Waals surface area contributed by atoms with Gasteiger partial charge in [-0.05, 0) is 37.5 Å². The van der Waals surface area contributed by atoms with E-state index < -0.39 is 0 Å². The van der Waals surface area contributed by atoms with E-state index in [1.54, 1.807) is 6.20 Å². The lowest BCUT2D eigenvalue weighted by atomic mass is 9.73. The first-order valence-corrected chi connectivity index (χ1v) is 9.24. The summed E-state index contributed by atoms with van der Waals surface area (Å²) in [4.78, 5) is 19.2. The predicted octanol–water partition coefficient (Wildman–Crippen LogP) is 2.51. The standard InChI is InChI=1S/C20H25N3O3/c1-22-11-4-6-16(22)19(24)23-12-8-17-20(14-23,9-5-13-25-17)15-26-18-7-2-3-10-21-18/h2-4,6-7,10-11,17H,5,8-9,12-15H2,1H3. The molecular formula is C20H25N3O3. The molecule has 2 aromatic rings. The number of hydrogen-bond donors (Lipinski definition) is 0. The largest absolute Gasteiger partial charge is 0.477 e. The van der Waals surface area contributed by atoms with Gasteiger partial charge in [0.25, 0.3) is 5.91 Å². The Hall–Kier alpha value is -2.34. The van der Waals surface area contributed by atoms with Gasteiger partial charge < -0.3 is 18.9 Å². The molecule has 6 heteroatoms. The number of hydrogen-bond acceptors (Lipinski definition) is 4. The number of likely N-dealkylation sites (tertiary alicyclic amines) is 1. The monoisotopic (exact) mass is 355 g/mol. The minimum absolute atomic E-state index is 0.0822. The van der Waals surface area contributed by atoms with Crippen LogP contribution in [-0.4, -0.2) is 52.8 Å². The van der Waals surface area contributed by atoms with Gasteiger partial charge in [-0.15, -0.1) is 0 Å². The van der Waals surface area contributed by atoms with Gasteiger partial charge in [0, 0.05) is 50.6 Å². The summed E-state index contributed by atoms with van der Waals surface area (Å²) in [5.74, 6) is 0.704. The number of carbonyl (C=O) groups excluding carboxylic acids is 1. The summed E-state index contributed by atoms with van der Waals surface area (Å²) < 4.78 is 14.0. The number of amides is 1. The molecule has 1 amide bonds. The van der Waals surface area contributed by atoms with Crippen LogP contribution in [0.4, 0.5) is 0 Å². The maximum atomic E-state index is 13.0. The highest BCUT2D eigenvalue weighted by molar-refractivity contribution is 5.92. The van der Waals surface area contributed by atoms with Gasteiger partial charge in [0.2, 0.25) is 5.88 Å². The van der Waals surface area contributed by atoms with Crippen molar-refractivity contribution in [3.63, 3.8) is 0 Å². The Bertz CT molecular complexity index is 761. The molecule has 0 aliphatic carbocycles. The summed E-state index contributed by atoms with van der Waals surface area (Å²) in [6.07, 6.45) is 6.62. The van der Waals surface area contributed by atoms with E-state index in [1.807, 2.05) is 53.0 Å². The van der Waals surface area contributed by atoms with Gasteiger partial charge in [0.05, 0.1) is 12.7 Å². The van der Waals surface area contributed by atoms with Gasteiger partial charge in [0.1, 0.15) is 5.69 Å². The van der Waals surface area contributed by atoms with Crippen molar-refractivity contribution in [1.82, 2.24) is 14.5 Å². The third kappa shape index (κ3) is 3.21. The van der Waals surface area contributed by atoms with E-state index in [1.165, 1.54) is 0 Å². The van der Waals surface area contributed by atoms with Crippen LogP contribution in [0.1, 0.15) is 29.8 Å². The highest BCUT2D eigenvalue weighted by Gasteiger charge is 2.48. The Balaban J connectivity index is 1.53. The topological polar surface area (TPSA) is 56.6 Å². The molecule has 0 bridgehead atoms. The predicted molar refractivity (Wildman–Crippen MR) is 97.1 cm³/mol. The summed E-state index contributed by atoms with van der Waals surface area (Å²) >= 11 is 0. The lowest BCUT2D eigenvalue weighted by Gasteiger charge is -2.50. The Kier molecular flexibility index (Phi) is 4.68. The molecule has 2 aliphatic heterocycles. The number of ether oxygens (including phenoxy) is 2. The van der Waals surface area contributed by atoms with E-state index in [2.05, 4.69) is 4.98 Å². The zero-order valence-corrected chi connectivity index (χ0v) is 15.1. The van der Waals surface area contributed by atoms with Crippen molar-refractivity contribution in [3.8, 4) is 5.88 Å². The molecule has 138 valence electrons. The fraction of sp³-hybridized carbons (Fsp3) is 0.500. The fourth-order valence-electron chi connectivity index (χ4n) is 4.17. The number of piperidine rings is 1. The molecule has 2 atom stereocenters. The molecule has 2 fully saturated rings. The van der Waals surface area contributed by atoms with Crippen LogP contribution in [0.15, 0.2) is 42.7 Å². The molecular weight excluding hydrogens is 330 g/mol.